The molecule has 1 heterocycles. The monoisotopic (exact) mass is 564 g/mol. The Bertz CT molecular complexity index is 1180. The Morgan fingerprint density at radius 2 is 1.56 bits per heavy atom. The fourth-order valence-electron chi connectivity index (χ4n) is 4.57. The van der Waals surface area contributed by atoms with Gasteiger partial charge in [0.2, 0.25) is 5.79 Å². The third-order valence-corrected chi connectivity index (χ3v) is 6.67. The van der Waals surface area contributed by atoms with Crippen LogP contribution in [0.25, 0.3) is 0 Å². The van der Waals surface area contributed by atoms with Crippen LogP contribution in [0.1, 0.15) is 57.4 Å². The summed E-state index contributed by atoms with van der Waals surface area (Å²) < 4.78 is 27.9. The van der Waals surface area contributed by atoms with Crippen LogP contribution in [-0.2, 0) is 39.1 Å². The minimum Gasteiger partial charge on any atom is -0.494 e. The number of benzene rings is 2. The molecule has 11 heteroatoms. The van der Waals surface area contributed by atoms with Gasteiger partial charge in [0.15, 0.2) is 0 Å². The summed E-state index contributed by atoms with van der Waals surface area (Å²) in [7, 11) is 0. The van der Waals surface area contributed by atoms with Crippen LogP contribution >= 0.6 is 11.6 Å². The zero-order valence-electron chi connectivity index (χ0n) is 22.4. The first kappa shape index (κ1) is 30.4. The number of hydrogen-bond acceptors (Lipinski definition) is 10. The maximum Gasteiger partial charge on any atom is 0.303 e. The van der Waals surface area contributed by atoms with Gasteiger partial charge in [0.05, 0.1) is 6.61 Å². The van der Waals surface area contributed by atoms with E-state index in [4.69, 9.17) is 35.3 Å². The van der Waals surface area contributed by atoms with Crippen molar-refractivity contribution in [1.82, 2.24) is 0 Å². The smallest absolute Gasteiger partial charge is 0.303 e. The van der Waals surface area contributed by atoms with E-state index < -0.39 is 54.0 Å². The second kappa shape index (κ2) is 12.8. The molecule has 2 aromatic rings. The third-order valence-electron chi connectivity index (χ3n) is 6.34. The normalized spacial score (nSPS) is 23.0. The Kier molecular flexibility index (Phi) is 9.95. The van der Waals surface area contributed by atoms with Crippen molar-refractivity contribution in [2.24, 2.45) is 5.92 Å². The fourth-order valence-corrected chi connectivity index (χ4v) is 4.82. The molecule has 1 aliphatic rings. The van der Waals surface area contributed by atoms with E-state index in [1.807, 2.05) is 6.92 Å². The highest BCUT2D eigenvalue weighted by molar-refractivity contribution is 6.31. The van der Waals surface area contributed by atoms with Crippen molar-refractivity contribution in [3.8, 4) is 5.75 Å². The number of carbonyl (C=O) groups is 3. The fraction of sp³-hybridized carbons (Fsp3) is 0.464. The molecule has 10 nitrogen and oxygen atoms in total. The predicted octanol–water partition coefficient (Wildman–Crippen LogP) is 3.43. The highest BCUT2D eigenvalue weighted by Gasteiger charge is 2.48. The van der Waals surface area contributed by atoms with Crippen molar-refractivity contribution in [1.29, 1.82) is 0 Å². The van der Waals surface area contributed by atoms with Crippen molar-refractivity contribution >= 4 is 29.5 Å². The number of ether oxygens (including phenoxy) is 5. The summed E-state index contributed by atoms with van der Waals surface area (Å²) in [6.07, 6.45) is -3.69. The van der Waals surface area contributed by atoms with E-state index in [1.54, 1.807) is 25.1 Å². The molecule has 0 aromatic heterocycles. The molecule has 0 radical (unpaired) electrons. The van der Waals surface area contributed by atoms with E-state index in [1.165, 1.54) is 45.0 Å². The van der Waals surface area contributed by atoms with Crippen LogP contribution in [0.4, 0.5) is 0 Å². The maximum absolute atomic E-state index is 12.0. The van der Waals surface area contributed by atoms with E-state index >= 15 is 0 Å². The molecule has 0 amide bonds. The summed E-state index contributed by atoms with van der Waals surface area (Å²) in [5.74, 6) is -4.25. The molecule has 2 N–H and O–H groups in total. The van der Waals surface area contributed by atoms with Gasteiger partial charge in [-0.25, -0.2) is 0 Å². The largest absolute Gasteiger partial charge is 0.494 e. The van der Waals surface area contributed by atoms with Crippen LogP contribution in [0.3, 0.4) is 0 Å². The first-order valence-corrected chi connectivity index (χ1v) is 12.8. The van der Waals surface area contributed by atoms with Gasteiger partial charge in [-0.3, -0.25) is 14.4 Å². The highest BCUT2D eigenvalue weighted by Crippen LogP contribution is 2.42. The average Bonchev–Trinajstić information content (AvgIpc) is 2.86. The molecule has 39 heavy (non-hydrogen) atoms. The maximum atomic E-state index is 12.0. The summed E-state index contributed by atoms with van der Waals surface area (Å²) in [6.45, 7) is 7.49. The van der Waals surface area contributed by atoms with Gasteiger partial charge in [0.1, 0.15) is 36.8 Å². The van der Waals surface area contributed by atoms with Gasteiger partial charge in [0, 0.05) is 42.8 Å². The molecule has 5 unspecified atom stereocenters. The van der Waals surface area contributed by atoms with E-state index in [0.717, 1.165) is 0 Å². The minimum atomic E-state index is -2.49. The van der Waals surface area contributed by atoms with Gasteiger partial charge in [-0.1, -0.05) is 24.6 Å². The van der Waals surface area contributed by atoms with E-state index in [2.05, 4.69) is 0 Å². The standard InChI is InChI=1S/C28H33ClO10/c1-6-35-21-10-8-20(9-11-21)28(33,34)22-13-19(7-12-23(22)29)27-26(38-18(5)32)15(2)25(37-17(4)31)24(39-27)14-36-16(3)30/h7-13,15,24-27,33-34H,6,14H2,1-5H3. The number of hydrogen-bond donors (Lipinski definition) is 2. The summed E-state index contributed by atoms with van der Waals surface area (Å²) in [4.78, 5) is 35.4. The van der Waals surface area contributed by atoms with Gasteiger partial charge in [-0.05, 0) is 48.9 Å². The number of rotatable bonds is 9. The molecular formula is C28H33ClO10. The second-order valence-corrected chi connectivity index (χ2v) is 9.68. The number of carbonyl (C=O) groups excluding carboxylic acids is 3. The molecule has 3 rings (SSSR count). The van der Waals surface area contributed by atoms with Crippen molar-refractivity contribution in [3.05, 3.63) is 64.2 Å². The zero-order valence-corrected chi connectivity index (χ0v) is 23.1. The van der Waals surface area contributed by atoms with Gasteiger partial charge in [-0.15, -0.1) is 0 Å². The third kappa shape index (κ3) is 7.27. The molecule has 5 atom stereocenters. The highest BCUT2D eigenvalue weighted by atomic mass is 35.5. The zero-order chi connectivity index (χ0) is 28.9. The molecule has 0 bridgehead atoms. The molecule has 212 valence electrons. The molecule has 1 aliphatic heterocycles. The quantitative estimate of drug-likeness (QED) is 0.265. The van der Waals surface area contributed by atoms with Gasteiger partial charge in [-0.2, -0.15) is 0 Å². The topological polar surface area (TPSA) is 138 Å². The van der Waals surface area contributed by atoms with Crippen LogP contribution in [0, 0.1) is 5.92 Å². The minimum absolute atomic E-state index is 0.0395. The van der Waals surface area contributed by atoms with Gasteiger partial charge in [0.25, 0.3) is 0 Å². The lowest BCUT2D eigenvalue weighted by atomic mass is 9.83. The molecular weight excluding hydrogens is 532 g/mol. The number of esters is 3. The lowest BCUT2D eigenvalue weighted by Crippen LogP contribution is -2.54. The second-order valence-electron chi connectivity index (χ2n) is 9.27. The van der Waals surface area contributed by atoms with Crippen LogP contribution in [0.2, 0.25) is 5.02 Å². The van der Waals surface area contributed by atoms with Crippen LogP contribution in [0.15, 0.2) is 42.5 Å². The lowest BCUT2D eigenvalue weighted by molar-refractivity contribution is -0.231. The van der Waals surface area contributed by atoms with Crippen molar-refractivity contribution in [3.63, 3.8) is 0 Å². The molecule has 1 fully saturated rings. The average molecular weight is 565 g/mol. The Morgan fingerprint density at radius 1 is 0.949 bits per heavy atom. The SMILES string of the molecule is CCOc1ccc(C(O)(O)c2cc(C3OC(COC(C)=O)C(OC(C)=O)C(C)C3OC(C)=O)ccc2Cl)cc1. The number of halogens is 1. The molecule has 1 saturated heterocycles. The van der Waals surface area contributed by atoms with Crippen LogP contribution < -0.4 is 4.74 Å². The van der Waals surface area contributed by atoms with Gasteiger partial charge >= 0.3 is 17.9 Å². The lowest BCUT2D eigenvalue weighted by Gasteiger charge is -2.44. The first-order valence-electron chi connectivity index (χ1n) is 12.5. The summed E-state index contributed by atoms with van der Waals surface area (Å²) in [6, 6.07) is 10.7. The van der Waals surface area contributed by atoms with Crippen molar-refractivity contribution in [2.45, 2.75) is 64.8 Å². The van der Waals surface area contributed by atoms with E-state index in [-0.39, 0.29) is 22.8 Å². The van der Waals surface area contributed by atoms with E-state index in [0.29, 0.717) is 17.9 Å². The van der Waals surface area contributed by atoms with Crippen LogP contribution in [0.5, 0.6) is 5.75 Å². The number of aliphatic hydroxyl groups is 2. The molecule has 0 spiro atoms. The van der Waals surface area contributed by atoms with Crippen LogP contribution in [-0.4, -0.2) is 59.6 Å². The predicted molar refractivity (Wildman–Crippen MR) is 139 cm³/mol. The molecule has 0 saturated carbocycles. The summed E-state index contributed by atoms with van der Waals surface area (Å²) in [5.41, 5.74) is 0.504. The Labute approximate surface area is 231 Å². The Balaban J connectivity index is 2.04. The van der Waals surface area contributed by atoms with Crippen molar-refractivity contribution < 1.29 is 48.3 Å². The van der Waals surface area contributed by atoms with E-state index in [9.17, 15) is 24.6 Å². The summed E-state index contributed by atoms with van der Waals surface area (Å²) >= 11 is 6.41. The first-order chi connectivity index (χ1) is 18.3. The van der Waals surface area contributed by atoms with Gasteiger partial charge < -0.3 is 33.9 Å². The Morgan fingerprint density at radius 3 is 2.13 bits per heavy atom. The van der Waals surface area contributed by atoms with Crippen molar-refractivity contribution in [2.75, 3.05) is 13.2 Å². The molecule has 0 aliphatic carbocycles. The summed E-state index contributed by atoms with van der Waals surface area (Å²) in [5, 5.41) is 22.4. The molecule has 2 aromatic carbocycles. The Hall–Kier alpha value is -3.18.